The Morgan fingerprint density at radius 3 is 2.35 bits per heavy atom. The second-order valence-electron chi connectivity index (χ2n) is 3.90. The van der Waals surface area contributed by atoms with E-state index in [4.69, 9.17) is 27.9 Å². The van der Waals surface area contributed by atoms with Gasteiger partial charge in [-0.1, -0.05) is 45.2 Å². The van der Waals surface area contributed by atoms with Crippen LogP contribution in [-0.4, -0.2) is 4.92 Å². The van der Waals surface area contributed by atoms with Gasteiger partial charge in [0.25, 0.3) is 0 Å². The summed E-state index contributed by atoms with van der Waals surface area (Å²) in [6.07, 6.45) is 0. The Morgan fingerprint density at radius 2 is 1.80 bits per heavy atom. The van der Waals surface area contributed by atoms with Gasteiger partial charge in [0.1, 0.15) is 5.75 Å². The van der Waals surface area contributed by atoms with E-state index in [1.165, 1.54) is 18.2 Å². The highest BCUT2D eigenvalue weighted by molar-refractivity contribution is 9.08. The zero-order chi connectivity index (χ0) is 14.7. The van der Waals surface area contributed by atoms with E-state index in [2.05, 4.69) is 15.9 Å². The van der Waals surface area contributed by atoms with Crippen molar-refractivity contribution in [1.29, 1.82) is 0 Å². The van der Waals surface area contributed by atoms with Crippen LogP contribution in [0.15, 0.2) is 36.4 Å². The zero-order valence-electron chi connectivity index (χ0n) is 9.98. The fourth-order valence-electron chi connectivity index (χ4n) is 1.59. The summed E-state index contributed by atoms with van der Waals surface area (Å²) in [5, 5.41) is 12.4. The summed E-state index contributed by atoms with van der Waals surface area (Å²) < 4.78 is 5.51. The molecule has 0 aromatic heterocycles. The molecule has 0 N–H and O–H groups in total. The number of halogens is 3. The minimum absolute atomic E-state index is 0.113. The number of nitrogens with zero attached hydrogens (tertiary/aromatic N) is 1. The first kappa shape index (κ1) is 15.1. The van der Waals surface area contributed by atoms with E-state index in [1.807, 2.05) is 0 Å². The van der Waals surface area contributed by atoms with Gasteiger partial charge in [0.2, 0.25) is 5.75 Å². The van der Waals surface area contributed by atoms with Crippen LogP contribution in [0.3, 0.4) is 0 Å². The van der Waals surface area contributed by atoms with Crippen LogP contribution >= 0.6 is 39.1 Å². The molecule has 0 saturated heterocycles. The molecular weight excluding hydrogens is 369 g/mol. The summed E-state index contributed by atoms with van der Waals surface area (Å²) in [5.74, 6) is 0.482. The van der Waals surface area contributed by atoms with Crippen molar-refractivity contribution >= 4 is 44.8 Å². The summed E-state index contributed by atoms with van der Waals surface area (Å²) in [5.41, 5.74) is 0.672. The molecule has 0 aliphatic carbocycles. The number of nitro groups is 1. The van der Waals surface area contributed by atoms with E-state index in [-0.39, 0.29) is 11.4 Å². The minimum Gasteiger partial charge on any atom is -0.450 e. The molecule has 104 valence electrons. The van der Waals surface area contributed by atoms with Gasteiger partial charge in [-0.05, 0) is 29.8 Å². The van der Waals surface area contributed by atoms with Crippen LogP contribution < -0.4 is 4.74 Å². The normalized spacial score (nSPS) is 10.3. The average Bonchev–Trinajstić information content (AvgIpc) is 2.37. The summed E-state index contributed by atoms with van der Waals surface area (Å²) in [6.45, 7) is 0. The van der Waals surface area contributed by atoms with Gasteiger partial charge in [-0.25, -0.2) is 0 Å². The lowest BCUT2D eigenvalue weighted by Crippen LogP contribution is -1.95. The van der Waals surface area contributed by atoms with E-state index in [1.54, 1.807) is 18.2 Å². The van der Waals surface area contributed by atoms with Crippen LogP contribution in [0.1, 0.15) is 5.56 Å². The molecule has 0 spiro atoms. The van der Waals surface area contributed by atoms with Gasteiger partial charge in [0, 0.05) is 21.4 Å². The number of hydrogen-bond donors (Lipinski definition) is 0. The highest BCUT2D eigenvalue weighted by atomic mass is 79.9. The lowest BCUT2D eigenvalue weighted by atomic mass is 10.2. The first-order valence-corrected chi connectivity index (χ1v) is 7.34. The number of hydrogen-bond acceptors (Lipinski definition) is 3. The molecule has 0 aliphatic heterocycles. The molecule has 2 rings (SSSR count). The smallest absolute Gasteiger partial charge is 0.311 e. The van der Waals surface area contributed by atoms with Crippen molar-refractivity contribution in [3.8, 4) is 11.5 Å². The zero-order valence-corrected chi connectivity index (χ0v) is 13.1. The quantitative estimate of drug-likeness (QED) is 0.397. The number of alkyl halides is 1. The Hall–Kier alpha value is -1.30. The summed E-state index contributed by atoms with van der Waals surface area (Å²) >= 11 is 15.0. The standard InChI is InChI=1S/C13H8BrCl2NO3/c14-7-8-1-2-13(12(3-8)17(18)19)20-11-5-9(15)4-10(16)6-11/h1-6H,7H2. The molecule has 4 nitrogen and oxygen atoms in total. The third kappa shape index (κ3) is 3.62. The SMILES string of the molecule is O=[N+]([O-])c1cc(CBr)ccc1Oc1cc(Cl)cc(Cl)c1. The van der Waals surface area contributed by atoms with Gasteiger partial charge in [-0.2, -0.15) is 0 Å². The van der Waals surface area contributed by atoms with Crippen molar-refractivity contribution in [2.45, 2.75) is 5.33 Å². The lowest BCUT2D eigenvalue weighted by molar-refractivity contribution is -0.385. The van der Waals surface area contributed by atoms with Crippen molar-refractivity contribution in [1.82, 2.24) is 0 Å². The Kier molecular flexibility index (Phi) is 4.86. The number of nitro benzene ring substituents is 1. The third-order valence-electron chi connectivity index (χ3n) is 2.44. The molecule has 0 heterocycles. The highest BCUT2D eigenvalue weighted by Crippen LogP contribution is 2.34. The second kappa shape index (κ2) is 6.43. The molecule has 2 aromatic rings. The largest absolute Gasteiger partial charge is 0.450 e. The van der Waals surface area contributed by atoms with E-state index in [0.29, 0.717) is 21.1 Å². The van der Waals surface area contributed by atoms with Gasteiger partial charge < -0.3 is 4.74 Å². The van der Waals surface area contributed by atoms with Crippen molar-refractivity contribution in [3.05, 3.63) is 62.1 Å². The first-order chi connectivity index (χ1) is 9.49. The molecule has 0 bridgehead atoms. The van der Waals surface area contributed by atoms with E-state index in [0.717, 1.165) is 5.56 Å². The predicted octanol–water partition coefficient (Wildman–Crippen LogP) is 5.59. The van der Waals surface area contributed by atoms with E-state index < -0.39 is 4.92 Å². The van der Waals surface area contributed by atoms with Crippen molar-refractivity contribution in [3.63, 3.8) is 0 Å². The Morgan fingerprint density at radius 1 is 1.15 bits per heavy atom. The highest BCUT2D eigenvalue weighted by Gasteiger charge is 2.17. The summed E-state index contributed by atoms with van der Waals surface area (Å²) in [4.78, 5) is 10.6. The minimum atomic E-state index is -0.492. The first-order valence-electron chi connectivity index (χ1n) is 5.47. The maximum atomic E-state index is 11.1. The molecule has 0 unspecified atom stereocenters. The Bertz CT molecular complexity index is 644. The number of ether oxygens (including phenoxy) is 1. The maximum Gasteiger partial charge on any atom is 0.311 e. The summed E-state index contributed by atoms with van der Waals surface area (Å²) in [7, 11) is 0. The topological polar surface area (TPSA) is 52.4 Å². The lowest BCUT2D eigenvalue weighted by Gasteiger charge is -2.08. The van der Waals surface area contributed by atoms with Crippen molar-refractivity contribution in [2.75, 3.05) is 0 Å². The fourth-order valence-corrected chi connectivity index (χ4v) is 2.44. The molecule has 0 radical (unpaired) electrons. The molecule has 0 atom stereocenters. The molecule has 0 aliphatic rings. The van der Waals surface area contributed by atoms with Gasteiger partial charge in [0.15, 0.2) is 0 Å². The van der Waals surface area contributed by atoms with E-state index >= 15 is 0 Å². The van der Waals surface area contributed by atoms with Crippen LogP contribution in [0.4, 0.5) is 5.69 Å². The number of rotatable bonds is 4. The summed E-state index contributed by atoms with van der Waals surface area (Å²) in [6, 6.07) is 9.37. The van der Waals surface area contributed by atoms with Crippen molar-refractivity contribution in [2.24, 2.45) is 0 Å². The monoisotopic (exact) mass is 375 g/mol. The third-order valence-corrected chi connectivity index (χ3v) is 3.52. The van der Waals surface area contributed by atoms with Gasteiger partial charge in [0.05, 0.1) is 4.92 Å². The van der Waals surface area contributed by atoms with Crippen LogP contribution in [0, 0.1) is 10.1 Å². The number of benzene rings is 2. The van der Waals surface area contributed by atoms with Crippen molar-refractivity contribution < 1.29 is 9.66 Å². The predicted molar refractivity (Wildman–Crippen MR) is 82.3 cm³/mol. The molecular formula is C13H8BrCl2NO3. The molecule has 0 amide bonds. The van der Waals surface area contributed by atoms with Crippen LogP contribution in [-0.2, 0) is 5.33 Å². The average molecular weight is 377 g/mol. The second-order valence-corrected chi connectivity index (χ2v) is 5.33. The van der Waals surface area contributed by atoms with Gasteiger partial charge in [-0.15, -0.1) is 0 Å². The Labute approximate surface area is 133 Å². The Balaban J connectivity index is 2.39. The maximum absolute atomic E-state index is 11.1. The molecule has 0 saturated carbocycles. The van der Waals surface area contributed by atoms with Crippen LogP contribution in [0.5, 0.6) is 11.5 Å². The van der Waals surface area contributed by atoms with Gasteiger partial charge >= 0.3 is 5.69 Å². The molecule has 2 aromatic carbocycles. The van der Waals surface area contributed by atoms with Crippen LogP contribution in [0.2, 0.25) is 10.0 Å². The molecule has 0 fully saturated rings. The fraction of sp³-hybridized carbons (Fsp3) is 0.0769. The molecule has 7 heteroatoms. The molecule has 20 heavy (non-hydrogen) atoms. The van der Waals surface area contributed by atoms with Gasteiger partial charge in [-0.3, -0.25) is 10.1 Å². The van der Waals surface area contributed by atoms with E-state index in [9.17, 15) is 10.1 Å². The van der Waals surface area contributed by atoms with Crippen LogP contribution in [0.25, 0.3) is 0 Å².